The Balaban J connectivity index is 1.86. The molecule has 0 atom stereocenters. The molecule has 5 nitrogen and oxygen atoms in total. The molecule has 0 amide bonds. The number of phenolic OH excluding ortho intramolecular Hbond substituents is 1. The molecular weight excluding hydrogens is 340 g/mol. The van der Waals surface area contributed by atoms with Gasteiger partial charge < -0.3 is 19.3 Å². The maximum Gasteiger partial charge on any atom is 0.189 e. The number of carbonyl (C=O) groups is 1. The molecule has 2 aromatic rings. The van der Waals surface area contributed by atoms with Gasteiger partial charge in [0, 0.05) is 11.8 Å². The highest BCUT2D eigenvalue weighted by molar-refractivity contribution is 7.99. The smallest absolute Gasteiger partial charge is 0.189 e. The predicted octanol–water partition coefficient (Wildman–Crippen LogP) is 3.79. The molecule has 0 aliphatic carbocycles. The fourth-order valence-corrected chi connectivity index (χ4v) is 3.35. The van der Waals surface area contributed by atoms with Gasteiger partial charge in [-0.2, -0.15) is 0 Å². The molecular formula is C19H18O5S. The van der Waals surface area contributed by atoms with Gasteiger partial charge in [0.1, 0.15) is 11.5 Å². The topological polar surface area (TPSA) is 65.0 Å². The highest BCUT2D eigenvalue weighted by Gasteiger charge is 2.18. The Morgan fingerprint density at radius 1 is 1.20 bits per heavy atom. The molecule has 1 aliphatic rings. The molecule has 0 fully saturated rings. The summed E-state index contributed by atoms with van der Waals surface area (Å²) in [5, 5.41) is 9.81. The lowest BCUT2D eigenvalue weighted by molar-refractivity contribution is 0.104. The number of methoxy groups -OCH3 is 2. The number of hydrogen-bond donors (Lipinski definition) is 1. The van der Waals surface area contributed by atoms with E-state index in [9.17, 15) is 9.90 Å². The van der Waals surface area contributed by atoms with Gasteiger partial charge in [0.05, 0.1) is 31.3 Å². The van der Waals surface area contributed by atoms with Gasteiger partial charge in [-0.15, -0.1) is 11.8 Å². The Bertz CT molecular complexity index is 829. The highest BCUT2D eigenvalue weighted by Crippen LogP contribution is 2.38. The number of benzene rings is 2. The van der Waals surface area contributed by atoms with Crippen molar-refractivity contribution >= 4 is 23.6 Å². The number of rotatable bonds is 5. The van der Waals surface area contributed by atoms with Gasteiger partial charge >= 0.3 is 0 Å². The lowest BCUT2D eigenvalue weighted by atomic mass is 10.1. The van der Waals surface area contributed by atoms with Gasteiger partial charge in [-0.25, -0.2) is 0 Å². The van der Waals surface area contributed by atoms with Crippen molar-refractivity contribution in [2.24, 2.45) is 0 Å². The second-order valence-corrected chi connectivity index (χ2v) is 6.46. The van der Waals surface area contributed by atoms with Crippen LogP contribution >= 0.6 is 11.8 Å². The van der Waals surface area contributed by atoms with Gasteiger partial charge in [0.15, 0.2) is 17.3 Å². The minimum atomic E-state index is -0.180. The summed E-state index contributed by atoms with van der Waals surface area (Å²) in [6.07, 6.45) is 3.10. The predicted molar refractivity (Wildman–Crippen MR) is 97.2 cm³/mol. The highest BCUT2D eigenvalue weighted by atomic mass is 32.2. The van der Waals surface area contributed by atoms with E-state index < -0.39 is 0 Å². The quantitative estimate of drug-likeness (QED) is 0.648. The van der Waals surface area contributed by atoms with E-state index in [4.69, 9.17) is 14.2 Å². The molecule has 3 rings (SSSR count). The molecule has 1 aliphatic heterocycles. The van der Waals surface area contributed by atoms with Crippen LogP contribution in [-0.4, -0.2) is 37.5 Å². The molecule has 1 heterocycles. The minimum Gasteiger partial charge on any atom is -0.504 e. The number of fused-ring (bicyclic) bond motifs is 1. The molecule has 25 heavy (non-hydrogen) atoms. The Labute approximate surface area is 150 Å². The van der Waals surface area contributed by atoms with Crippen molar-refractivity contribution in [3.8, 4) is 23.0 Å². The van der Waals surface area contributed by atoms with E-state index in [-0.39, 0.29) is 11.5 Å². The molecule has 0 spiro atoms. The number of hydrogen-bond acceptors (Lipinski definition) is 6. The Hall–Kier alpha value is -2.60. The third-order valence-electron chi connectivity index (χ3n) is 3.76. The zero-order valence-corrected chi connectivity index (χ0v) is 14.8. The minimum absolute atomic E-state index is 0.0250. The van der Waals surface area contributed by atoms with Gasteiger partial charge in [-0.1, -0.05) is 12.1 Å². The summed E-state index contributed by atoms with van der Waals surface area (Å²) in [5.74, 6) is 2.31. The largest absolute Gasteiger partial charge is 0.504 e. The van der Waals surface area contributed by atoms with Crippen LogP contribution in [0.5, 0.6) is 23.0 Å². The molecule has 0 radical (unpaired) electrons. The third-order valence-corrected chi connectivity index (χ3v) is 4.76. The van der Waals surface area contributed by atoms with E-state index in [2.05, 4.69) is 0 Å². The van der Waals surface area contributed by atoms with Gasteiger partial charge in [-0.05, 0) is 29.8 Å². The van der Waals surface area contributed by atoms with Crippen LogP contribution in [0, 0.1) is 0 Å². The Morgan fingerprint density at radius 3 is 2.72 bits per heavy atom. The maximum atomic E-state index is 12.6. The van der Waals surface area contributed by atoms with Crippen LogP contribution in [0.2, 0.25) is 0 Å². The molecule has 0 unspecified atom stereocenters. The van der Waals surface area contributed by atoms with Crippen LogP contribution in [0.3, 0.4) is 0 Å². The van der Waals surface area contributed by atoms with E-state index in [0.717, 1.165) is 16.4 Å². The van der Waals surface area contributed by atoms with Crippen LogP contribution in [0.4, 0.5) is 0 Å². The first-order chi connectivity index (χ1) is 12.1. The van der Waals surface area contributed by atoms with Crippen molar-refractivity contribution < 1.29 is 24.1 Å². The standard InChI is InChI=1S/C19H18O5S/c1-22-16-6-4-12(9-15(16)21)3-5-14(20)13-10-19-18(11-17(13)23-2)24-7-8-25-19/h3-6,9-11,21H,7-8H2,1-2H3/b5-3+. The molecule has 1 N–H and O–H groups in total. The van der Waals surface area contributed by atoms with Crippen LogP contribution in [0.25, 0.3) is 6.08 Å². The normalized spacial score (nSPS) is 13.2. The summed E-state index contributed by atoms with van der Waals surface area (Å²) < 4.78 is 15.9. The van der Waals surface area contributed by atoms with Crippen molar-refractivity contribution in [3.63, 3.8) is 0 Å². The zero-order valence-electron chi connectivity index (χ0n) is 13.9. The van der Waals surface area contributed by atoms with Crippen LogP contribution in [-0.2, 0) is 0 Å². The first kappa shape index (κ1) is 17.2. The maximum absolute atomic E-state index is 12.6. The summed E-state index contributed by atoms with van der Waals surface area (Å²) in [6, 6.07) is 8.50. The van der Waals surface area contributed by atoms with Gasteiger partial charge in [0.25, 0.3) is 0 Å². The average Bonchev–Trinajstić information content (AvgIpc) is 2.65. The van der Waals surface area contributed by atoms with Gasteiger partial charge in [0.2, 0.25) is 0 Å². The van der Waals surface area contributed by atoms with Crippen molar-refractivity contribution in [1.82, 2.24) is 0 Å². The average molecular weight is 358 g/mol. The Morgan fingerprint density at radius 2 is 2.00 bits per heavy atom. The first-order valence-corrected chi connectivity index (χ1v) is 8.68. The molecule has 6 heteroatoms. The SMILES string of the molecule is COc1ccc(/C=C/C(=O)c2cc3c(cc2OC)OCCS3)cc1O. The lowest BCUT2D eigenvalue weighted by Gasteiger charge is -2.18. The lowest BCUT2D eigenvalue weighted by Crippen LogP contribution is -2.08. The van der Waals surface area contributed by atoms with Crippen molar-refractivity contribution in [3.05, 3.63) is 47.5 Å². The summed E-state index contributed by atoms with van der Waals surface area (Å²) >= 11 is 1.66. The van der Waals surface area contributed by atoms with Crippen molar-refractivity contribution in [2.45, 2.75) is 4.90 Å². The van der Waals surface area contributed by atoms with Crippen LogP contribution in [0.1, 0.15) is 15.9 Å². The van der Waals surface area contributed by atoms with E-state index in [1.807, 2.05) is 0 Å². The summed E-state index contributed by atoms with van der Waals surface area (Å²) in [7, 11) is 3.01. The fourth-order valence-electron chi connectivity index (χ4n) is 2.50. The molecule has 0 bridgehead atoms. The molecule has 0 aromatic heterocycles. The monoisotopic (exact) mass is 358 g/mol. The molecule has 130 valence electrons. The fraction of sp³-hybridized carbons (Fsp3) is 0.211. The third kappa shape index (κ3) is 3.74. The summed E-state index contributed by atoms with van der Waals surface area (Å²) in [4.78, 5) is 13.5. The van der Waals surface area contributed by atoms with Crippen molar-refractivity contribution in [1.29, 1.82) is 0 Å². The van der Waals surface area contributed by atoms with E-state index in [1.54, 1.807) is 42.1 Å². The number of phenols is 1. The number of carbonyl (C=O) groups excluding carboxylic acids is 1. The molecule has 0 saturated carbocycles. The summed E-state index contributed by atoms with van der Waals surface area (Å²) in [6.45, 7) is 0.648. The second-order valence-electron chi connectivity index (χ2n) is 5.33. The Kier molecular flexibility index (Phi) is 5.19. The van der Waals surface area contributed by atoms with E-state index >= 15 is 0 Å². The number of ketones is 1. The number of aromatic hydroxyl groups is 1. The number of allylic oxidation sites excluding steroid dienone is 1. The zero-order chi connectivity index (χ0) is 17.8. The van der Waals surface area contributed by atoms with Crippen molar-refractivity contribution in [2.75, 3.05) is 26.6 Å². The van der Waals surface area contributed by atoms with Gasteiger partial charge in [-0.3, -0.25) is 4.79 Å². The first-order valence-electron chi connectivity index (χ1n) is 7.69. The van der Waals surface area contributed by atoms with E-state index in [1.165, 1.54) is 26.4 Å². The summed E-state index contributed by atoms with van der Waals surface area (Å²) in [5.41, 5.74) is 1.18. The van der Waals surface area contributed by atoms with Crippen LogP contribution < -0.4 is 14.2 Å². The second kappa shape index (κ2) is 7.53. The van der Waals surface area contributed by atoms with E-state index in [0.29, 0.717) is 29.2 Å². The molecule has 2 aromatic carbocycles. The number of thioether (sulfide) groups is 1. The molecule has 0 saturated heterocycles. The van der Waals surface area contributed by atoms with Crippen LogP contribution in [0.15, 0.2) is 41.3 Å². The number of ether oxygens (including phenoxy) is 3.